The number of nitrogens with zero attached hydrogens (tertiary/aromatic N) is 5. The van der Waals surface area contributed by atoms with Gasteiger partial charge in [0, 0.05) is 56.3 Å². The summed E-state index contributed by atoms with van der Waals surface area (Å²) in [5, 5.41) is 5.68. The molecule has 4 rings (SSSR count). The van der Waals surface area contributed by atoms with Crippen molar-refractivity contribution in [1.82, 2.24) is 24.6 Å². The van der Waals surface area contributed by atoms with Gasteiger partial charge in [-0.1, -0.05) is 12.1 Å². The molecule has 0 aliphatic carbocycles. The first-order valence-corrected chi connectivity index (χ1v) is 12.2. The van der Waals surface area contributed by atoms with Crippen molar-refractivity contribution < 1.29 is 14.3 Å². The van der Waals surface area contributed by atoms with Crippen LogP contribution in [0.4, 0.5) is 0 Å². The maximum atomic E-state index is 13.1. The van der Waals surface area contributed by atoms with E-state index in [4.69, 9.17) is 9.84 Å². The van der Waals surface area contributed by atoms with Crippen molar-refractivity contribution >= 4 is 23.2 Å². The number of thiazole rings is 1. The van der Waals surface area contributed by atoms with Gasteiger partial charge in [0.15, 0.2) is 5.69 Å². The zero-order valence-electron chi connectivity index (χ0n) is 20.4. The van der Waals surface area contributed by atoms with Gasteiger partial charge in [-0.15, -0.1) is 11.3 Å². The molecule has 0 unspecified atom stereocenters. The Morgan fingerprint density at radius 1 is 1.18 bits per heavy atom. The number of aryl methyl sites for hydroxylation is 4. The molecule has 3 aromatic rings. The quantitative estimate of drug-likeness (QED) is 0.518. The molecule has 0 N–H and O–H groups in total. The van der Waals surface area contributed by atoms with Crippen LogP contribution in [0.5, 0.6) is 5.75 Å². The molecule has 2 amide bonds. The standard InChI is InChI=1S/C25H31N5O3S/c1-16-22(34-17(2)26-16)14-23(31)29-12-11-21-20(15-29)24(25(32)28(3)4)27-30(21)13-10-18-6-8-19(33-5)9-7-18/h6-9H,10-15H2,1-5H3. The van der Waals surface area contributed by atoms with E-state index < -0.39 is 0 Å². The number of fused-ring (bicyclic) bond motifs is 1. The summed E-state index contributed by atoms with van der Waals surface area (Å²) in [6.45, 7) is 5.59. The summed E-state index contributed by atoms with van der Waals surface area (Å²) in [5.74, 6) is 0.752. The van der Waals surface area contributed by atoms with Gasteiger partial charge in [-0.05, 0) is 38.0 Å². The van der Waals surface area contributed by atoms with Crippen molar-refractivity contribution in [3.05, 3.63) is 62.4 Å². The number of benzene rings is 1. The molecular weight excluding hydrogens is 450 g/mol. The van der Waals surface area contributed by atoms with Gasteiger partial charge in [0.1, 0.15) is 5.75 Å². The first-order valence-electron chi connectivity index (χ1n) is 11.4. The van der Waals surface area contributed by atoms with Crippen LogP contribution in [0.15, 0.2) is 24.3 Å². The van der Waals surface area contributed by atoms with Crippen LogP contribution in [0, 0.1) is 13.8 Å². The highest BCUT2D eigenvalue weighted by Crippen LogP contribution is 2.26. The van der Waals surface area contributed by atoms with E-state index in [0.29, 0.717) is 38.2 Å². The Morgan fingerprint density at radius 3 is 2.53 bits per heavy atom. The Bertz CT molecular complexity index is 1200. The lowest BCUT2D eigenvalue weighted by Gasteiger charge is -2.28. The molecule has 0 saturated heterocycles. The zero-order chi connectivity index (χ0) is 24.4. The van der Waals surface area contributed by atoms with E-state index in [1.165, 1.54) is 5.56 Å². The van der Waals surface area contributed by atoms with E-state index in [1.54, 1.807) is 37.4 Å². The number of methoxy groups -OCH3 is 1. The van der Waals surface area contributed by atoms with Crippen molar-refractivity contribution in [1.29, 1.82) is 0 Å². The summed E-state index contributed by atoms with van der Waals surface area (Å²) >= 11 is 1.57. The third-order valence-corrected chi connectivity index (χ3v) is 7.25. The minimum atomic E-state index is -0.136. The third kappa shape index (κ3) is 4.99. The van der Waals surface area contributed by atoms with Crippen molar-refractivity contribution in [3.8, 4) is 5.75 Å². The molecule has 1 aliphatic heterocycles. The summed E-state index contributed by atoms with van der Waals surface area (Å²) in [6.07, 6.45) is 1.81. The molecule has 0 fully saturated rings. The Balaban J connectivity index is 1.54. The Kier molecular flexibility index (Phi) is 7.02. The minimum Gasteiger partial charge on any atom is -0.497 e. The molecule has 0 spiro atoms. The fraction of sp³-hybridized carbons (Fsp3) is 0.440. The van der Waals surface area contributed by atoms with Crippen molar-refractivity contribution in [2.24, 2.45) is 0 Å². The average molecular weight is 482 g/mol. The first kappa shape index (κ1) is 23.9. The topological polar surface area (TPSA) is 80.6 Å². The number of ether oxygens (including phenoxy) is 1. The fourth-order valence-corrected chi connectivity index (χ4v) is 5.21. The van der Waals surface area contributed by atoms with Crippen molar-refractivity contribution in [3.63, 3.8) is 0 Å². The third-order valence-electron chi connectivity index (χ3n) is 6.18. The largest absolute Gasteiger partial charge is 0.497 e. The maximum Gasteiger partial charge on any atom is 0.274 e. The Hall–Kier alpha value is -3.20. The van der Waals surface area contributed by atoms with Crippen LogP contribution >= 0.6 is 11.3 Å². The molecule has 34 heavy (non-hydrogen) atoms. The van der Waals surface area contributed by atoms with Gasteiger partial charge in [0.25, 0.3) is 5.91 Å². The van der Waals surface area contributed by atoms with Crippen LogP contribution in [0.2, 0.25) is 0 Å². The molecular formula is C25H31N5O3S. The lowest BCUT2D eigenvalue weighted by atomic mass is 10.0. The Morgan fingerprint density at radius 2 is 1.91 bits per heavy atom. The normalized spacial score (nSPS) is 13.0. The second-order valence-electron chi connectivity index (χ2n) is 8.78. The predicted molar refractivity (Wildman–Crippen MR) is 131 cm³/mol. The van der Waals surface area contributed by atoms with E-state index in [2.05, 4.69) is 4.98 Å². The monoisotopic (exact) mass is 481 g/mol. The lowest BCUT2D eigenvalue weighted by Crippen LogP contribution is -2.38. The maximum absolute atomic E-state index is 13.1. The van der Waals surface area contributed by atoms with E-state index in [1.807, 2.05) is 47.7 Å². The number of amides is 2. The van der Waals surface area contributed by atoms with Gasteiger partial charge < -0.3 is 14.5 Å². The predicted octanol–water partition coefficient (Wildman–Crippen LogP) is 3.04. The molecule has 0 saturated carbocycles. The highest BCUT2D eigenvalue weighted by atomic mass is 32.1. The summed E-state index contributed by atoms with van der Waals surface area (Å²) in [5.41, 5.74) is 4.45. The highest BCUT2D eigenvalue weighted by Gasteiger charge is 2.31. The molecule has 180 valence electrons. The van der Waals surface area contributed by atoms with Gasteiger partial charge in [-0.25, -0.2) is 4.98 Å². The highest BCUT2D eigenvalue weighted by molar-refractivity contribution is 7.11. The number of carbonyl (C=O) groups is 2. The van der Waals surface area contributed by atoms with Crippen LogP contribution in [-0.2, 0) is 37.1 Å². The molecule has 2 aromatic heterocycles. The van der Waals surface area contributed by atoms with Crippen LogP contribution in [0.25, 0.3) is 0 Å². The summed E-state index contributed by atoms with van der Waals surface area (Å²) in [4.78, 5) is 34.8. The fourth-order valence-electron chi connectivity index (χ4n) is 4.29. The van der Waals surface area contributed by atoms with E-state index >= 15 is 0 Å². The van der Waals surface area contributed by atoms with Gasteiger partial charge in [-0.2, -0.15) is 5.10 Å². The van der Waals surface area contributed by atoms with Crippen LogP contribution in [-0.4, -0.2) is 64.1 Å². The molecule has 1 aromatic carbocycles. The smallest absolute Gasteiger partial charge is 0.274 e. The number of rotatable bonds is 7. The molecule has 3 heterocycles. The molecule has 9 heteroatoms. The van der Waals surface area contributed by atoms with Crippen molar-refractivity contribution in [2.45, 2.75) is 46.2 Å². The molecule has 1 aliphatic rings. The summed E-state index contributed by atoms with van der Waals surface area (Å²) < 4.78 is 7.19. The second kappa shape index (κ2) is 9.97. The molecule has 0 atom stereocenters. The number of carbonyl (C=O) groups excluding carboxylic acids is 2. The first-order chi connectivity index (χ1) is 16.3. The Labute approximate surface area is 204 Å². The van der Waals surface area contributed by atoms with Crippen LogP contribution in [0.3, 0.4) is 0 Å². The minimum absolute atomic E-state index is 0.0617. The van der Waals surface area contributed by atoms with Crippen LogP contribution < -0.4 is 4.74 Å². The summed E-state index contributed by atoms with van der Waals surface area (Å²) in [6, 6.07) is 7.99. The molecule has 0 radical (unpaired) electrons. The van der Waals surface area contributed by atoms with E-state index in [-0.39, 0.29) is 11.8 Å². The summed E-state index contributed by atoms with van der Waals surface area (Å²) in [7, 11) is 5.11. The zero-order valence-corrected chi connectivity index (χ0v) is 21.2. The molecule has 0 bridgehead atoms. The molecule has 8 nitrogen and oxygen atoms in total. The SMILES string of the molecule is COc1ccc(CCn2nc(C(=O)N(C)C)c3c2CCN(C(=O)Cc2sc(C)nc2C)C3)cc1. The second-order valence-corrected chi connectivity index (χ2v) is 10.1. The lowest BCUT2D eigenvalue weighted by molar-refractivity contribution is -0.131. The van der Waals surface area contributed by atoms with Gasteiger partial charge in [0.05, 0.1) is 24.2 Å². The van der Waals surface area contributed by atoms with Gasteiger partial charge in [0.2, 0.25) is 5.91 Å². The van der Waals surface area contributed by atoms with E-state index in [0.717, 1.165) is 39.0 Å². The number of hydrogen-bond acceptors (Lipinski definition) is 6. The number of aromatic nitrogens is 3. The van der Waals surface area contributed by atoms with Gasteiger partial charge in [-0.3, -0.25) is 14.3 Å². The van der Waals surface area contributed by atoms with E-state index in [9.17, 15) is 9.59 Å². The number of hydrogen-bond donors (Lipinski definition) is 0. The van der Waals surface area contributed by atoms with Crippen molar-refractivity contribution in [2.75, 3.05) is 27.7 Å². The van der Waals surface area contributed by atoms with Gasteiger partial charge >= 0.3 is 0 Å². The average Bonchev–Trinajstić information content (AvgIpc) is 3.35. The van der Waals surface area contributed by atoms with Crippen LogP contribution in [0.1, 0.15) is 42.9 Å².